The Morgan fingerprint density at radius 3 is 2.30 bits per heavy atom. The molecule has 6 heteroatoms. The zero-order chi connectivity index (χ0) is 15.6. The van der Waals surface area contributed by atoms with Crippen molar-refractivity contribution in [1.29, 1.82) is 0 Å². The maximum atomic E-state index is 12.3. The minimum absolute atomic E-state index is 0.0570. The molecule has 0 fully saturated rings. The Balaban J connectivity index is 2.98. The lowest BCUT2D eigenvalue weighted by Gasteiger charge is -2.23. The van der Waals surface area contributed by atoms with E-state index in [-0.39, 0.29) is 18.0 Å². The lowest BCUT2D eigenvalue weighted by Crippen LogP contribution is -2.43. The number of nitrogens with one attached hydrogen (secondary N) is 1. The van der Waals surface area contributed by atoms with Crippen LogP contribution >= 0.6 is 0 Å². The average molecular weight is 301 g/mol. The van der Waals surface area contributed by atoms with Crippen molar-refractivity contribution in [2.24, 2.45) is 0 Å². The number of sulfonamides is 1. The van der Waals surface area contributed by atoms with Gasteiger partial charge < -0.3 is 9.84 Å². The molecule has 1 aromatic carbocycles. The van der Waals surface area contributed by atoms with Crippen LogP contribution < -0.4 is 4.72 Å². The van der Waals surface area contributed by atoms with Crippen LogP contribution in [-0.4, -0.2) is 39.4 Å². The van der Waals surface area contributed by atoms with Gasteiger partial charge in [-0.2, -0.15) is 0 Å². The number of methoxy groups -OCH3 is 1. The van der Waals surface area contributed by atoms with Gasteiger partial charge in [0.1, 0.15) is 0 Å². The molecule has 0 radical (unpaired) electrons. The van der Waals surface area contributed by atoms with Gasteiger partial charge in [0.05, 0.1) is 17.1 Å². The highest BCUT2D eigenvalue weighted by molar-refractivity contribution is 7.89. The molecule has 0 aliphatic heterocycles. The molecule has 1 aromatic rings. The SMILES string of the molecule is COCC(C)(O)CNS(=O)(=O)c1cc(C)c(C)cc1C. The predicted molar refractivity (Wildman–Crippen MR) is 78.3 cm³/mol. The van der Waals surface area contributed by atoms with Crippen molar-refractivity contribution >= 4 is 10.0 Å². The van der Waals surface area contributed by atoms with Crippen molar-refractivity contribution < 1.29 is 18.3 Å². The summed E-state index contributed by atoms with van der Waals surface area (Å²) in [6.07, 6.45) is 0. The highest BCUT2D eigenvalue weighted by Crippen LogP contribution is 2.20. The first-order chi connectivity index (χ1) is 9.09. The molecule has 0 saturated heterocycles. The fourth-order valence-electron chi connectivity index (χ4n) is 1.91. The summed E-state index contributed by atoms with van der Waals surface area (Å²) in [7, 11) is -2.19. The third-order valence-corrected chi connectivity index (χ3v) is 4.72. The second kappa shape index (κ2) is 6.22. The van der Waals surface area contributed by atoms with E-state index >= 15 is 0 Å². The molecule has 2 N–H and O–H groups in total. The molecular weight excluding hydrogens is 278 g/mol. The lowest BCUT2D eigenvalue weighted by molar-refractivity contribution is -0.0119. The smallest absolute Gasteiger partial charge is 0.240 e. The van der Waals surface area contributed by atoms with Crippen LogP contribution in [0.5, 0.6) is 0 Å². The number of rotatable bonds is 6. The molecule has 0 spiro atoms. The van der Waals surface area contributed by atoms with Crippen molar-refractivity contribution in [3.63, 3.8) is 0 Å². The Morgan fingerprint density at radius 1 is 1.20 bits per heavy atom. The predicted octanol–water partition coefficient (Wildman–Crippen LogP) is 1.29. The minimum atomic E-state index is -3.65. The van der Waals surface area contributed by atoms with Crippen LogP contribution in [0.25, 0.3) is 0 Å². The number of ether oxygens (including phenoxy) is 1. The molecule has 5 nitrogen and oxygen atoms in total. The molecule has 0 saturated carbocycles. The van der Waals surface area contributed by atoms with E-state index in [1.54, 1.807) is 13.0 Å². The van der Waals surface area contributed by atoms with Crippen molar-refractivity contribution in [1.82, 2.24) is 4.72 Å². The summed E-state index contributed by atoms with van der Waals surface area (Å²) in [5.74, 6) is 0. The largest absolute Gasteiger partial charge is 0.386 e. The Kier molecular flexibility index (Phi) is 5.32. The van der Waals surface area contributed by atoms with Crippen molar-refractivity contribution in [2.45, 2.75) is 38.2 Å². The van der Waals surface area contributed by atoms with Crippen LogP contribution in [0.3, 0.4) is 0 Å². The van der Waals surface area contributed by atoms with Gasteiger partial charge in [-0.1, -0.05) is 6.07 Å². The second-order valence-electron chi connectivity index (χ2n) is 5.46. The second-order valence-corrected chi connectivity index (χ2v) is 7.19. The summed E-state index contributed by atoms with van der Waals surface area (Å²) in [5, 5.41) is 9.94. The van der Waals surface area contributed by atoms with E-state index in [0.29, 0.717) is 5.56 Å². The van der Waals surface area contributed by atoms with Gasteiger partial charge in [0, 0.05) is 13.7 Å². The van der Waals surface area contributed by atoms with Gasteiger partial charge in [-0.25, -0.2) is 13.1 Å². The topological polar surface area (TPSA) is 75.6 Å². The van der Waals surface area contributed by atoms with Crippen LogP contribution in [0.15, 0.2) is 17.0 Å². The van der Waals surface area contributed by atoms with Gasteiger partial charge in [-0.15, -0.1) is 0 Å². The maximum absolute atomic E-state index is 12.3. The zero-order valence-corrected chi connectivity index (χ0v) is 13.5. The quantitative estimate of drug-likeness (QED) is 0.830. The molecule has 114 valence electrons. The van der Waals surface area contributed by atoms with E-state index in [0.717, 1.165) is 11.1 Å². The molecule has 1 unspecified atom stereocenters. The molecule has 0 amide bonds. The van der Waals surface area contributed by atoms with Crippen molar-refractivity contribution in [3.05, 3.63) is 28.8 Å². The first kappa shape index (κ1) is 17.1. The van der Waals surface area contributed by atoms with Crippen LogP contribution in [0, 0.1) is 20.8 Å². The van der Waals surface area contributed by atoms with Crippen LogP contribution in [-0.2, 0) is 14.8 Å². The summed E-state index contributed by atoms with van der Waals surface area (Å²) >= 11 is 0. The van der Waals surface area contributed by atoms with Crippen molar-refractivity contribution in [2.75, 3.05) is 20.3 Å². The molecule has 1 rings (SSSR count). The molecule has 20 heavy (non-hydrogen) atoms. The minimum Gasteiger partial charge on any atom is -0.386 e. The van der Waals surface area contributed by atoms with Crippen LogP contribution in [0.2, 0.25) is 0 Å². The summed E-state index contributed by atoms with van der Waals surface area (Å²) in [5.41, 5.74) is 1.41. The normalized spacial score (nSPS) is 15.1. The van der Waals surface area contributed by atoms with Crippen LogP contribution in [0.4, 0.5) is 0 Å². The number of aliphatic hydroxyl groups is 1. The average Bonchev–Trinajstić information content (AvgIpc) is 2.31. The Morgan fingerprint density at radius 2 is 1.75 bits per heavy atom. The van der Waals surface area contributed by atoms with E-state index < -0.39 is 15.6 Å². The molecule has 0 aliphatic carbocycles. The van der Waals surface area contributed by atoms with E-state index in [1.807, 2.05) is 19.9 Å². The molecule has 0 bridgehead atoms. The summed E-state index contributed by atoms with van der Waals surface area (Å²) < 4.78 is 31.9. The molecule has 0 heterocycles. The zero-order valence-electron chi connectivity index (χ0n) is 12.6. The monoisotopic (exact) mass is 301 g/mol. The number of hydrogen-bond acceptors (Lipinski definition) is 4. The lowest BCUT2D eigenvalue weighted by atomic mass is 10.1. The maximum Gasteiger partial charge on any atom is 0.240 e. The fourth-order valence-corrected chi connectivity index (χ4v) is 3.38. The van der Waals surface area contributed by atoms with Gasteiger partial charge in [0.25, 0.3) is 0 Å². The van der Waals surface area contributed by atoms with Gasteiger partial charge >= 0.3 is 0 Å². The molecule has 0 aliphatic rings. The fraction of sp³-hybridized carbons (Fsp3) is 0.571. The summed E-state index contributed by atoms with van der Waals surface area (Å²) in [6, 6.07) is 3.50. The van der Waals surface area contributed by atoms with E-state index in [1.165, 1.54) is 14.0 Å². The highest BCUT2D eigenvalue weighted by atomic mass is 32.2. The third kappa shape index (κ3) is 4.28. The Hall–Kier alpha value is -0.950. The van der Waals surface area contributed by atoms with E-state index in [9.17, 15) is 13.5 Å². The van der Waals surface area contributed by atoms with Crippen molar-refractivity contribution in [3.8, 4) is 0 Å². The molecular formula is C14H23NO4S. The van der Waals surface area contributed by atoms with E-state index in [2.05, 4.69) is 4.72 Å². The first-order valence-corrected chi connectivity index (χ1v) is 7.86. The van der Waals surface area contributed by atoms with Gasteiger partial charge in [-0.05, 0) is 50.5 Å². The van der Waals surface area contributed by atoms with E-state index in [4.69, 9.17) is 4.74 Å². The van der Waals surface area contributed by atoms with Gasteiger partial charge in [0.2, 0.25) is 10.0 Å². The standard InChI is InChI=1S/C14H23NO4S/c1-10-6-12(3)13(7-11(10)2)20(17,18)15-8-14(4,16)9-19-5/h6-7,15-16H,8-9H2,1-5H3. The van der Waals surface area contributed by atoms with Crippen LogP contribution in [0.1, 0.15) is 23.6 Å². The highest BCUT2D eigenvalue weighted by Gasteiger charge is 2.25. The van der Waals surface area contributed by atoms with Gasteiger partial charge in [0.15, 0.2) is 0 Å². The number of hydrogen-bond donors (Lipinski definition) is 2. The molecule has 1 atom stereocenters. The summed E-state index contributed by atoms with van der Waals surface area (Å²) in [4.78, 5) is 0.244. The molecule has 0 aromatic heterocycles. The first-order valence-electron chi connectivity index (χ1n) is 6.38. The Bertz CT molecular complexity index is 579. The van der Waals surface area contributed by atoms with Gasteiger partial charge in [-0.3, -0.25) is 0 Å². The number of aryl methyl sites for hydroxylation is 3. The Labute approximate surface area is 121 Å². The number of benzene rings is 1. The summed E-state index contributed by atoms with van der Waals surface area (Å²) in [6.45, 7) is 7.04. The third-order valence-electron chi connectivity index (χ3n) is 3.18.